The van der Waals surface area contributed by atoms with Crippen molar-refractivity contribution in [3.05, 3.63) is 77.7 Å². The molecule has 2 aliphatic carbocycles. The van der Waals surface area contributed by atoms with Gasteiger partial charge in [0.05, 0.1) is 31.0 Å². The third-order valence-corrected chi connectivity index (χ3v) is 16.0. The first-order valence-electron chi connectivity index (χ1n) is 22.0. The number of amides is 4. The van der Waals surface area contributed by atoms with Gasteiger partial charge in [-0.05, 0) is 70.1 Å². The summed E-state index contributed by atoms with van der Waals surface area (Å²) in [6, 6.07) is 14.4. The predicted octanol–water partition coefficient (Wildman–Crippen LogP) is 7.97. The van der Waals surface area contributed by atoms with Gasteiger partial charge in [0.25, 0.3) is 0 Å². The van der Waals surface area contributed by atoms with Crippen LogP contribution in [0.4, 0.5) is 9.93 Å². The van der Waals surface area contributed by atoms with Crippen LogP contribution in [0.2, 0.25) is 0 Å². The Morgan fingerprint density at radius 2 is 1.81 bits per heavy atom. The zero-order valence-corrected chi connectivity index (χ0v) is 37.4. The molecule has 5 N–H and O–H groups in total. The summed E-state index contributed by atoms with van der Waals surface area (Å²) in [5.41, 5.74) is 2.57. The fourth-order valence-electron chi connectivity index (χ4n) is 9.16. The number of rotatable bonds is 11. The number of hydrogen-bond acceptors (Lipinski definition) is 10. The van der Waals surface area contributed by atoms with Crippen LogP contribution in [0.15, 0.2) is 72.1 Å². The lowest BCUT2D eigenvalue weighted by Gasteiger charge is -2.31. The van der Waals surface area contributed by atoms with Crippen molar-refractivity contribution in [2.24, 2.45) is 5.92 Å². The highest BCUT2D eigenvalue weighted by atomic mass is 32.1. The second-order valence-electron chi connectivity index (χ2n) is 17.5. The number of ether oxygens (including phenoxy) is 2. The number of carbonyl (C=O) groups is 3. The number of benzene rings is 2. The van der Waals surface area contributed by atoms with Crippen molar-refractivity contribution in [3.63, 3.8) is 0 Å². The number of urea groups is 1. The molecule has 6 atom stereocenters. The van der Waals surface area contributed by atoms with Crippen molar-refractivity contribution >= 4 is 52.6 Å². The lowest BCUT2D eigenvalue weighted by Crippen LogP contribution is -2.56. The number of anilines is 1. The molecule has 4 heterocycles. The highest BCUT2D eigenvalue weighted by Crippen LogP contribution is 2.71. The standard InChI is InChI=1S/C46H58N7O7PS/c1-29(2)47-45-51-39(28-62-45)38-24-41(35-21-20-33(59-3)22-37(35)49-38)60-34-23-40-42(54)52-46(61(57,58)27-30-14-8-7-9-15-30)25-31(46)16-10-5-4-6-11-19-36(43(55)53(40)26-34)50-44(56)48-32-17-12-13-18-32/h7-10,14-16,20-22,24,28-29,31-32,34,36,40H,4-6,11-13,17-19,23,25-27H2,1-3H3,(H,47,51)(H,52,54)(H,57,58)(H2,48,50,56)/b16-10-/t31-,34+,36-,40-,46-/m0/s1. The summed E-state index contributed by atoms with van der Waals surface area (Å²) in [4.78, 5) is 66.3. The van der Waals surface area contributed by atoms with E-state index < -0.39 is 42.8 Å². The van der Waals surface area contributed by atoms with E-state index in [9.17, 15) is 23.8 Å². The molecule has 0 radical (unpaired) electrons. The summed E-state index contributed by atoms with van der Waals surface area (Å²) in [5.74, 6) is -0.140. The summed E-state index contributed by atoms with van der Waals surface area (Å²) < 4.78 is 26.9. The average Bonchev–Trinajstić information content (AvgIpc) is 3.66. The maximum Gasteiger partial charge on any atom is 0.315 e. The highest BCUT2D eigenvalue weighted by Gasteiger charge is 2.66. The van der Waals surface area contributed by atoms with Gasteiger partial charge in [0.15, 0.2) is 5.13 Å². The predicted molar refractivity (Wildman–Crippen MR) is 242 cm³/mol. The Morgan fingerprint density at radius 3 is 2.58 bits per heavy atom. The maximum absolute atomic E-state index is 14.9. The summed E-state index contributed by atoms with van der Waals surface area (Å²) in [7, 11) is -2.46. The molecule has 1 unspecified atom stereocenters. The number of thiazole rings is 1. The Morgan fingerprint density at radius 1 is 1.02 bits per heavy atom. The van der Waals surface area contributed by atoms with E-state index in [0.29, 0.717) is 58.6 Å². The molecule has 0 spiro atoms. The van der Waals surface area contributed by atoms with Gasteiger partial charge in [-0.15, -0.1) is 11.3 Å². The molecule has 14 nitrogen and oxygen atoms in total. The SMILES string of the molecule is COc1ccc2c(O[C@@H]3C[C@H]4C(=O)N[C@]5(P(=O)(O)Cc6ccccc6)C[C@@H]5/C=C\CCCCC[C@H](NC(=O)NC5CCCC5)C(=O)N4C3)cc(-c3csc(NC(C)C)n3)nc2c1. The number of nitrogens with zero attached hydrogens (tertiary/aromatic N) is 3. The molecule has 1 saturated heterocycles. The first kappa shape index (κ1) is 43.7. The minimum atomic E-state index is -4.05. The molecule has 8 rings (SSSR count). The van der Waals surface area contributed by atoms with Crippen LogP contribution in [-0.4, -0.2) is 86.8 Å². The molecule has 62 heavy (non-hydrogen) atoms. The number of nitrogens with one attached hydrogen (secondary N) is 4. The molecule has 2 aliphatic heterocycles. The number of pyridine rings is 1. The molecule has 3 fully saturated rings. The summed E-state index contributed by atoms with van der Waals surface area (Å²) in [5, 5.41) is 14.5. The maximum atomic E-state index is 14.9. The first-order chi connectivity index (χ1) is 29.9. The molecule has 2 aromatic heterocycles. The van der Waals surface area contributed by atoms with Gasteiger partial charge in [-0.25, -0.2) is 14.8 Å². The Bertz CT molecular complexity index is 2340. The minimum absolute atomic E-state index is 0.0466. The number of fused-ring (bicyclic) bond motifs is 3. The van der Waals surface area contributed by atoms with Crippen molar-refractivity contribution in [3.8, 4) is 22.9 Å². The van der Waals surface area contributed by atoms with E-state index in [-0.39, 0.29) is 43.0 Å². The minimum Gasteiger partial charge on any atom is -0.497 e. The van der Waals surface area contributed by atoms with Crippen molar-refractivity contribution in [2.75, 3.05) is 19.0 Å². The van der Waals surface area contributed by atoms with Crippen LogP contribution >= 0.6 is 18.7 Å². The van der Waals surface area contributed by atoms with Gasteiger partial charge in [0.1, 0.15) is 40.7 Å². The molecular weight excluding hydrogens is 826 g/mol. The van der Waals surface area contributed by atoms with E-state index in [0.717, 1.165) is 50.1 Å². The number of hydrogen-bond donors (Lipinski definition) is 5. The topological polar surface area (TPSA) is 184 Å². The normalized spacial score (nSPS) is 26.0. The summed E-state index contributed by atoms with van der Waals surface area (Å²) >= 11 is 1.48. The average molecular weight is 884 g/mol. The second-order valence-corrected chi connectivity index (χ2v) is 20.9. The van der Waals surface area contributed by atoms with Crippen molar-refractivity contribution in [2.45, 2.75) is 126 Å². The number of allylic oxidation sites excluding steroid dienone is 1. The lowest BCUT2D eigenvalue weighted by molar-refractivity contribution is -0.140. The van der Waals surface area contributed by atoms with Gasteiger partial charge in [-0.1, -0.05) is 68.2 Å². The quantitative estimate of drug-likeness (QED) is 0.0732. The summed E-state index contributed by atoms with van der Waals surface area (Å²) in [6.45, 7) is 4.14. The van der Waals surface area contributed by atoms with Gasteiger partial charge < -0.3 is 40.5 Å². The van der Waals surface area contributed by atoms with Crippen molar-refractivity contribution < 1.29 is 33.3 Å². The Balaban J connectivity index is 1.13. The van der Waals surface area contributed by atoms with E-state index >= 15 is 0 Å². The van der Waals surface area contributed by atoms with E-state index in [1.807, 2.05) is 86.0 Å². The zero-order valence-electron chi connectivity index (χ0n) is 35.7. The van der Waals surface area contributed by atoms with E-state index in [1.54, 1.807) is 7.11 Å². The van der Waals surface area contributed by atoms with Crippen LogP contribution in [0.1, 0.15) is 90.0 Å². The van der Waals surface area contributed by atoms with E-state index in [2.05, 4.69) is 21.3 Å². The fraction of sp³-hybridized carbons (Fsp3) is 0.500. The van der Waals surface area contributed by atoms with Crippen molar-refractivity contribution in [1.82, 2.24) is 30.8 Å². The Labute approximate surface area is 367 Å². The van der Waals surface area contributed by atoms with Crippen LogP contribution < -0.4 is 30.7 Å². The van der Waals surface area contributed by atoms with E-state index in [4.69, 9.17) is 19.4 Å². The lowest BCUT2D eigenvalue weighted by atomic mass is 10.0. The second kappa shape index (κ2) is 18.8. The van der Waals surface area contributed by atoms with Crippen LogP contribution in [0, 0.1) is 5.92 Å². The molecule has 16 heteroatoms. The number of aromatic nitrogens is 2. The molecule has 2 aromatic carbocycles. The Hall–Kier alpha value is -4.98. The van der Waals surface area contributed by atoms with Gasteiger partial charge in [0, 0.05) is 47.3 Å². The third kappa shape index (κ3) is 9.80. The third-order valence-electron chi connectivity index (χ3n) is 12.5. The van der Waals surface area contributed by atoms with Gasteiger partial charge in [-0.2, -0.15) is 0 Å². The molecule has 4 aliphatic rings. The van der Waals surface area contributed by atoms with Gasteiger partial charge in [0.2, 0.25) is 19.2 Å². The van der Waals surface area contributed by atoms with E-state index in [1.165, 1.54) is 16.2 Å². The highest BCUT2D eigenvalue weighted by molar-refractivity contribution is 7.59. The molecular formula is C46H58N7O7PS. The largest absolute Gasteiger partial charge is 0.497 e. The molecule has 4 amide bonds. The summed E-state index contributed by atoms with van der Waals surface area (Å²) in [6.07, 6.45) is 11.1. The number of methoxy groups -OCH3 is 1. The monoisotopic (exact) mass is 883 g/mol. The van der Waals surface area contributed by atoms with Crippen LogP contribution in [0.25, 0.3) is 22.3 Å². The van der Waals surface area contributed by atoms with Gasteiger partial charge in [-0.3, -0.25) is 14.2 Å². The van der Waals surface area contributed by atoms with Crippen molar-refractivity contribution in [1.29, 1.82) is 0 Å². The first-order valence-corrected chi connectivity index (χ1v) is 24.7. The molecule has 2 saturated carbocycles. The molecule has 0 bridgehead atoms. The molecule has 330 valence electrons. The molecule has 4 aromatic rings. The Kier molecular flexibility index (Phi) is 13.2. The van der Waals surface area contributed by atoms with Gasteiger partial charge >= 0.3 is 6.03 Å². The number of carbonyl (C=O) groups excluding carboxylic acids is 3. The van der Waals surface area contributed by atoms with Crippen LogP contribution in [0.3, 0.4) is 0 Å². The zero-order chi connectivity index (χ0) is 43.4. The van der Waals surface area contributed by atoms with Crippen LogP contribution in [-0.2, 0) is 20.3 Å². The fourth-order valence-corrected chi connectivity index (χ4v) is 12.4. The van der Waals surface area contributed by atoms with Crippen LogP contribution in [0.5, 0.6) is 11.5 Å². The smallest absolute Gasteiger partial charge is 0.315 e.